The van der Waals surface area contributed by atoms with Crippen LogP contribution < -0.4 is 15.4 Å². The molecule has 0 saturated heterocycles. The number of carbonyl (C=O) groups excluding carboxylic acids is 1. The summed E-state index contributed by atoms with van der Waals surface area (Å²) in [6, 6.07) is 2.24. The third kappa shape index (κ3) is 5.51. The normalized spacial score (nSPS) is 10.9. The lowest BCUT2D eigenvalue weighted by molar-refractivity contribution is -0.137. The second kappa shape index (κ2) is 7.53. The molecule has 1 aromatic carbocycles. The molecule has 0 bridgehead atoms. The summed E-state index contributed by atoms with van der Waals surface area (Å²) in [6.45, 7) is 1.65. The van der Waals surface area contributed by atoms with E-state index in [9.17, 15) is 22.8 Å². The number of ether oxygens (including phenoxy) is 1. The lowest BCUT2D eigenvalue weighted by Crippen LogP contribution is -2.31. The lowest BCUT2D eigenvalue weighted by atomic mass is 10.1. The highest BCUT2D eigenvalue weighted by Gasteiger charge is 2.34. The summed E-state index contributed by atoms with van der Waals surface area (Å²) in [5, 5.41) is 12.6. The number of halogens is 3. The molecule has 0 spiro atoms. The summed E-state index contributed by atoms with van der Waals surface area (Å²) in [7, 11) is 0. The van der Waals surface area contributed by atoms with Crippen molar-refractivity contribution in [3.8, 4) is 5.75 Å². The van der Waals surface area contributed by atoms with Crippen molar-refractivity contribution >= 4 is 17.7 Å². The van der Waals surface area contributed by atoms with Gasteiger partial charge in [-0.25, -0.2) is 4.79 Å². The Bertz CT molecular complexity index is 547. The highest BCUT2D eigenvalue weighted by Crippen LogP contribution is 2.37. The van der Waals surface area contributed by atoms with E-state index in [1.165, 1.54) is 6.07 Å². The van der Waals surface area contributed by atoms with Crippen molar-refractivity contribution in [3.05, 3.63) is 23.8 Å². The zero-order valence-corrected chi connectivity index (χ0v) is 11.7. The number of aliphatic carboxylic acids is 1. The maximum absolute atomic E-state index is 13.0. The number of rotatable bonds is 6. The molecule has 0 aliphatic rings. The summed E-state index contributed by atoms with van der Waals surface area (Å²) < 4.78 is 43.9. The Morgan fingerprint density at radius 2 is 2.00 bits per heavy atom. The summed E-state index contributed by atoms with van der Waals surface area (Å²) in [5.74, 6) is -1.09. The number of anilines is 1. The topological polar surface area (TPSA) is 87.7 Å². The molecule has 1 rings (SSSR count). The molecule has 0 heterocycles. The first kappa shape index (κ1) is 17.6. The molecule has 0 radical (unpaired) electrons. The van der Waals surface area contributed by atoms with Crippen LogP contribution in [0, 0.1) is 0 Å². The van der Waals surface area contributed by atoms with Gasteiger partial charge in [-0.05, 0) is 25.1 Å². The number of alkyl halides is 3. The second-order valence-electron chi connectivity index (χ2n) is 4.16. The van der Waals surface area contributed by atoms with Gasteiger partial charge in [0.15, 0.2) is 0 Å². The zero-order valence-electron chi connectivity index (χ0n) is 11.7. The highest BCUT2D eigenvalue weighted by molar-refractivity contribution is 5.90. The van der Waals surface area contributed by atoms with Crippen LogP contribution in [0.25, 0.3) is 0 Å². The molecule has 0 aliphatic heterocycles. The van der Waals surface area contributed by atoms with Crippen LogP contribution in [0.2, 0.25) is 0 Å². The van der Waals surface area contributed by atoms with Gasteiger partial charge in [-0.2, -0.15) is 13.2 Å². The molecule has 1 aromatic rings. The van der Waals surface area contributed by atoms with Gasteiger partial charge >= 0.3 is 18.2 Å². The van der Waals surface area contributed by atoms with E-state index in [4.69, 9.17) is 9.84 Å². The van der Waals surface area contributed by atoms with Gasteiger partial charge in [-0.15, -0.1) is 0 Å². The van der Waals surface area contributed by atoms with Gasteiger partial charge < -0.3 is 20.5 Å². The third-order valence-corrected chi connectivity index (χ3v) is 2.48. The molecule has 0 aliphatic carbocycles. The number of hydrogen-bond acceptors (Lipinski definition) is 3. The van der Waals surface area contributed by atoms with Crippen molar-refractivity contribution in [2.75, 3.05) is 18.5 Å². The first-order valence-corrected chi connectivity index (χ1v) is 6.34. The van der Waals surface area contributed by atoms with Crippen LogP contribution in [-0.4, -0.2) is 30.3 Å². The van der Waals surface area contributed by atoms with Crippen LogP contribution in [0.1, 0.15) is 18.9 Å². The van der Waals surface area contributed by atoms with Crippen LogP contribution in [-0.2, 0) is 11.0 Å². The molecular formula is C13H15F3N2O4. The highest BCUT2D eigenvalue weighted by atomic mass is 19.4. The molecule has 22 heavy (non-hydrogen) atoms. The molecule has 9 heteroatoms. The maximum atomic E-state index is 13.0. The van der Waals surface area contributed by atoms with E-state index in [2.05, 4.69) is 5.32 Å². The predicted molar refractivity (Wildman–Crippen MR) is 71.9 cm³/mol. The van der Waals surface area contributed by atoms with Gasteiger partial charge in [0.2, 0.25) is 0 Å². The summed E-state index contributed by atoms with van der Waals surface area (Å²) in [5.41, 5.74) is -1.49. The molecule has 2 amide bonds. The fraction of sp³-hybridized carbons (Fsp3) is 0.385. The third-order valence-electron chi connectivity index (χ3n) is 2.48. The van der Waals surface area contributed by atoms with Gasteiger partial charge in [0.1, 0.15) is 5.75 Å². The Hall–Kier alpha value is -2.45. The number of nitrogens with one attached hydrogen (secondary N) is 2. The second-order valence-corrected chi connectivity index (χ2v) is 4.16. The number of hydrogen-bond donors (Lipinski definition) is 3. The van der Waals surface area contributed by atoms with Gasteiger partial charge in [-0.3, -0.25) is 4.79 Å². The molecule has 0 unspecified atom stereocenters. The molecule has 6 nitrogen and oxygen atoms in total. The van der Waals surface area contributed by atoms with Crippen LogP contribution >= 0.6 is 0 Å². The number of carboxylic acid groups (broad SMARTS) is 1. The van der Waals surface area contributed by atoms with Crippen LogP contribution in [0.15, 0.2) is 18.2 Å². The van der Waals surface area contributed by atoms with E-state index in [1.807, 2.05) is 5.32 Å². The summed E-state index contributed by atoms with van der Waals surface area (Å²) >= 11 is 0. The minimum atomic E-state index is -4.67. The Kier molecular flexibility index (Phi) is 6.02. The summed E-state index contributed by atoms with van der Waals surface area (Å²) in [6.07, 6.45) is -5.00. The number of urea groups is 1. The number of benzene rings is 1. The minimum Gasteiger partial charge on any atom is -0.494 e. The number of amides is 2. The minimum absolute atomic E-state index is 0.0339. The lowest BCUT2D eigenvalue weighted by Gasteiger charge is -2.15. The van der Waals surface area contributed by atoms with E-state index >= 15 is 0 Å². The van der Waals surface area contributed by atoms with E-state index in [0.29, 0.717) is 0 Å². The molecule has 0 fully saturated rings. The Morgan fingerprint density at radius 3 is 2.55 bits per heavy atom. The zero-order chi connectivity index (χ0) is 16.8. The summed E-state index contributed by atoms with van der Waals surface area (Å²) in [4.78, 5) is 21.8. The van der Waals surface area contributed by atoms with Crippen molar-refractivity contribution in [3.63, 3.8) is 0 Å². The smallest absolute Gasteiger partial charge is 0.418 e. The van der Waals surface area contributed by atoms with Gasteiger partial charge in [0, 0.05) is 6.54 Å². The Morgan fingerprint density at radius 1 is 1.32 bits per heavy atom. The predicted octanol–water partition coefficient (Wildman–Crippen LogP) is 2.70. The molecule has 0 atom stereocenters. The van der Waals surface area contributed by atoms with Gasteiger partial charge in [0.05, 0.1) is 24.3 Å². The SMILES string of the molecule is CCOc1ccc(NC(=O)NCCC(=O)O)c(C(F)(F)F)c1. The molecule has 122 valence electrons. The van der Waals surface area contributed by atoms with Crippen molar-refractivity contribution in [2.24, 2.45) is 0 Å². The molecule has 0 aromatic heterocycles. The average Bonchev–Trinajstić information content (AvgIpc) is 2.39. The Labute approximate surface area is 124 Å². The van der Waals surface area contributed by atoms with Crippen LogP contribution in [0.4, 0.5) is 23.7 Å². The standard InChI is InChI=1S/C13H15F3N2O4/c1-2-22-8-3-4-10(9(7-8)13(14,15)16)18-12(21)17-6-5-11(19)20/h3-4,7H,2,5-6H2,1H3,(H,19,20)(H2,17,18,21). The van der Waals surface area contributed by atoms with E-state index in [-0.39, 0.29) is 25.3 Å². The van der Waals surface area contributed by atoms with Crippen molar-refractivity contribution in [1.82, 2.24) is 5.32 Å². The van der Waals surface area contributed by atoms with Gasteiger partial charge in [0.25, 0.3) is 0 Å². The largest absolute Gasteiger partial charge is 0.494 e. The van der Waals surface area contributed by atoms with E-state index in [1.54, 1.807) is 6.92 Å². The van der Waals surface area contributed by atoms with E-state index in [0.717, 1.165) is 12.1 Å². The van der Waals surface area contributed by atoms with Crippen LogP contribution in [0.3, 0.4) is 0 Å². The van der Waals surface area contributed by atoms with E-state index < -0.39 is 29.4 Å². The molecular weight excluding hydrogens is 305 g/mol. The fourth-order valence-electron chi connectivity index (χ4n) is 1.57. The first-order valence-electron chi connectivity index (χ1n) is 6.34. The van der Waals surface area contributed by atoms with Crippen molar-refractivity contribution < 1.29 is 32.6 Å². The fourth-order valence-corrected chi connectivity index (χ4v) is 1.57. The number of carbonyl (C=O) groups is 2. The van der Waals surface area contributed by atoms with Crippen molar-refractivity contribution in [2.45, 2.75) is 19.5 Å². The average molecular weight is 320 g/mol. The van der Waals surface area contributed by atoms with Crippen molar-refractivity contribution in [1.29, 1.82) is 0 Å². The maximum Gasteiger partial charge on any atom is 0.418 e. The Balaban J connectivity index is 2.84. The molecule has 3 N–H and O–H groups in total. The van der Waals surface area contributed by atoms with Gasteiger partial charge in [-0.1, -0.05) is 0 Å². The monoisotopic (exact) mass is 320 g/mol. The number of carboxylic acids is 1. The van der Waals surface area contributed by atoms with Crippen LogP contribution in [0.5, 0.6) is 5.75 Å². The first-order chi connectivity index (χ1) is 10.2. The quantitative estimate of drug-likeness (QED) is 0.752. The molecule has 0 saturated carbocycles.